The van der Waals surface area contributed by atoms with Crippen LogP contribution in [0.2, 0.25) is 0 Å². The van der Waals surface area contributed by atoms with Crippen molar-refractivity contribution in [1.82, 2.24) is 10.2 Å². The van der Waals surface area contributed by atoms with Crippen molar-refractivity contribution >= 4 is 23.3 Å². The minimum atomic E-state index is -0.999. The molecule has 0 aliphatic heterocycles. The second kappa shape index (κ2) is 7.00. The van der Waals surface area contributed by atoms with Gasteiger partial charge in [0.2, 0.25) is 0 Å². The number of nitrogens with one attached hydrogen (secondary N) is 1. The first-order chi connectivity index (χ1) is 8.49. The molecule has 0 aliphatic rings. The van der Waals surface area contributed by atoms with Gasteiger partial charge in [-0.1, -0.05) is 13.8 Å². The number of carboxylic acids is 1. The Kier molecular flexibility index (Phi) is 5.64. The van der Waals surface area contributed by atoms with E-state index in [2.05, 4.69) is 5.32 Å². The first-order valence-corrected chi connectivity index (χ1v) is 6.69. The third-order valence-electron chi connectivity index (χ3n) is 2.22. The van der Waals surface area contributed by atoms with E-state index in [1.807, 2.05) is 30.7 Å². The summed E-state index contributed by atoms with van der Waals surface area (Å²) in [5.74, 6) is -0.766. The summed E-state index contributed by atoms with van der Waals surface area (Å²) in [6.45, 7) is 4.48. The first kappa shape index (κ1) is 14.5. The van der Waals surface area contributed by atoms with Crippen LogP contribution < -0.4 is 5.32 Å². The summed E-state index contributed by atoms with van der Waals surface area (Å²) < 4.78 is 0. The van der Waals surface area contributed by atoms with Gasteiger partial charge in [-0.05, 0) is 28.3 Å². The third kappa shape index (κ3) is 5.18. The summed E-state index contributed by atoms with van der Waals surface area (Å²) in [6.07, 6.45) is 0. The number of urea groups is 1. The monoisotopic (exact) mass is 270 g/mol. The molecule has 1 aromatic heterocycles. The van der Waals surface area contributed by atoms with E-state index < -0.39 is 5.97 Å². The fraction of sp³-hybridized carbons (Fsp3) is 0.500. The van der Waals surface area contributed by atoms with Gasteiger partial charge in [0.25, 0.3) is 0 Å². The zero-order valence-electron chi connectivity index (χ0n) is 10.5. The van der Waals surface area contributed by atoms with E-state index in [0.29, 0.717) is 13.1 Å². The van der Waals surface area contributed by atoms with Crippen molar-refractivity contribution < 1.29 is 14.7 Å². The van der Waals surface area contributed by atoms with Crippen LogP contribution in [0.3, 0.4) is 0 Å². The van der Waals surface area contributed by atoms with Gasteiger partial charge in [0, 0.05) is 13.1 Å². The highest BCUT2D eigenvalue weighted by Gasteiger charge is 2.17. The molecular formula is C12H18N2O3S. The largest absolute Gasteiger partial charge is 0.480 e. The molecule has 0 radical (unpaired) electrons. The molecule has 2 N–H and O–H groups in total. The molecule has 0 bridgehead atoms. The molecule has 18 heavy (non-hydrogen) atoms. The van der Waals surface area contributed by atoms with Gasteiger partial charge in [-0.2, -0.15) is 11.3 Å². The number of aliphatic carboxylic acids is 1. The Hall–Kier alpha value is -1.56. The van der Waals surface area contributed by atoms with Crippen LogP contribution in [-0.2, 0) is 11.3 Å². The molecular weight excluding hydrogens is 252 g/mol. The van der Waals surface area contributed by atoms with Gasteiger partial charge in [0.1, 0.15) is 6.54 Å². The topological polar surface area (TPSA) is 69.6 Å². The number of carboxylic acid groups (broad SMARTS) is 1. The van der Waals surface area contributed by atoms with Crippen LogP contribution in [-0.4, -0.2) is 35.1 Å². The molecule has 0 atom stereocenters. The number of hydrogen-bond donors (Lipinski definition) is 2. The number of amides is 2. The van der Waals surface area contributed by atoms with Gasteiger partial charge in [0.15, 0.2) is 0 Å². The fourth-order valence-corrected chi connectivity index (χ4v) is 2.17. The van der Waals surface area contributed by atoms with Gasteiger partial charge in [-0.3, -0.25) is 4.79 Å². The van der Waals surface area contributed by atoms with Crippen molar-refractivity contribution in [2.45, 2.75) is 20.4 Å². The van der Waals surface area contributed by atoms with Gasteiger partial charge < -0.3 is 15.3 Å². The first-order valence-electron chi connectivity index (χ1n) is 5.74. The lowest BCUT2D eigenvalue weighted by Gasteiger charge is -2.22. The minimum Gasteiger partial charge on any atom is -0.480 e. The van der Waals surface area contributed by atoms with Crippen LogP contribution >= 0.6 is 11.3 Å². The maximum atomic E-state index is 11.9. The van der Waals surface area contributed by atoms with E-state index in [0.717, 1.165) is 5.56 Å². The molecule has 0 spiro atoms. The maximum Gasteiger partial charge on any atom is 0.323 e. The molecule has 0 fully saturated rings. The lowest BCUT2D eigenvalue weighted by molar-refractivity contribution is -0.137. The van der Waals surface area contributed by atoms with Crippen LogP contribution in [0.15, 0.2) is 16.8 Å². The highest BCUT2D eigenvalue weighted by atomic mass is 32.1. The zero-order chi connectivity index (χ0) is 13.5. The SMILES string of the molecule is CC(C)CN(CC(=O)O)C(=O)NCc1ccsc1. The molecule has 1 aromatic rings. The second-order valence-electron chi connectivity index (χ2n) is 4.46. The summed E-state index contributed by atoms with van der Waals surface area (Å²) in [6, 6.07) is 1.59. The van der Waals surface area contributed by atoms with Crippen LogP contribution in [0.4, 0.5) is 4.79 Å². The molecule has 0 saturated heterocycles. The average Bonchev–Trinajstić information content (AvgIpc) is 2.76. The predicted octanol–water partition coefficient (Wildman–Crippen LogP) is 2.00. The summed E-state index contributed by atoms with van der Waals surface area (Å²) in [4.78, 5) is 23.9. The number of nitrogens with zero attached hydrogens (tertiary/aromatic N) is 1. The highest BCUT2D eigenvalue weighted by molar-refractivity contribution is 7.07. The lowest BCUT2D eigenvalue weighted by atomic mass is 10.2. The van der Waals surface area contributed by atoms with Crippen LogP contribution in [0.5, 0.6) is 0 Å². The van der Waals surface area contributed by atoms with Crippen molar-refractivity contribution in [3.05, 3.63) is 22.4 Å². The average molecular weight is 270 g/mol. The van der Waals surface area contributed by atoms with Crippen LogP contribution in [0.1, 0.15) is 19.4 Å². The van der Waals surface area contributed by atoms with E-state index in [1.54, 1.807) is 11.3 Å². The van der Waals surface area contributed by atoms with Gasteiger partial charge in [-0.25, -0.2) is 4.79 Å². The number of rotatable bonds is 6. The molecule has 0 aliphatic carbocycles. The molecule has 2 amide bonds. The van der Waals surface area contributed by atoms with Crippen molar-refractivity contribution in [2.24, 2.45) is 5.92 Å². The van der Waals surface area contributed by atoms with Gasteiger partial charge in [-0.15, -0.1) is 0 Å². The smallest absolute Gasteiger partial charge is 0.323 e. The predicted molar refractivity (Wildman–Crippen MR) is 70.6 cm³/mol. The van der Waals surface area contributed by atoms with Crippen molar-refractivity contribution in [3.63, 3.8) is 0 Å². The normalized spacial score (nSPS) is 10.4. The quantitative estimate of drug-likeness (QED) is 0.830. The third-order valence-corrected chi connectivity index (χ3v) is 2.95. The molecule has 0 aromatic carbocycles. The Labute approximate surface area is 110 Å². The van der Waals surface area contributed by atoms with Gasteiger partial charge >= 0.3 is 12.0 Å². The molecule has 0 saturated carbocycles. The number of hydrogen-bond acceptors (Lipinski definition) is 3. The Balaban J connectivity index is 2.50. The van der Waals surface area contributed by atoms with Gasteiger partial charge in [0.05, 0.1) is 0 Å². The van der Waals surface area contributed by atoms with Crippen molar-refractivity contribution in [2.75, 3.05) is 13.1 Å². The Morgan fingerprint density at radius 1 is 1.50 bits per heavy atom. The molecule has 6 heteroatoms. The summed E-state index contributed by atoms with van der Waals surface area (Å²) in [5.41, 5.74) is 1.02. The van der Waals surface area contributed by atoms with E-state index >= 15 is 0 Å². The highest BCUT2D eigenvalue weighted by Crippen LogP contribution is 2.06. The van der Waals surface area contributed by atoms with Crippen LogP contribution in [0.25, 0.3) is 0 Å². The Bertz CT molecular complexity index is 390. The molecule has 5 nitrogen and oxygen atoms in total. The zero-order valence-corrected chi connectivity index (χ0v) is 11.4. The van der Waals surface area contributed by atoms with E-state index in [9.17, 15) is 9.59 Å². The standard InChI is InChI=1S/C12H18N2O3S/c1-9(2)6-14(7-11(15)16)12(17)13-5-10-3-4-18-8-10/h3-4,8-9H,5-7H2,1-2H3,(H,13,17)(H,15,16). The molecule has 0 unspecified atom stereocenters. The Morgan fingerprint density at radius 2 is 2.22 bits per heavy atom. The molecule has 100 valence electrons. The molecule has 1 heterocycles. The van der Waals surface area contributed by atoms with E-state index in [1.165, 1.54) is 4.90 Å². The number of thiophene rings is 1. The lowest BCUT2D eigenvalue weighted by Crippen LogP contribution is -2.44. The van der Waals surface area contributed by atoms with Crippen molar-refractivity contribution in [3.8, 4) is 0 Å². The fourth-order valence-electron chi connectivity index (χ4n) is 1.51. The molecule has 1 rings (SSSR count). The summed E-state index contributed by atoms with van der Waals surface area (Å²) in [5, 5.41) is 15.4. The minimum absolute atomic E-state index is 0.233. The van der Waals surface area contributed by atoms with Crippen molar-refractivity contribution in [1.29, 1.82) is 0 Å². The summed E-state index contributed by atoms with van der Waals surface area (Å²) in [7, 11) is 0. The van der Waals surface area contributed by atoms with E-state index in [4.69, 9.17) is 5.11 Å². The maximum absolute atomic E-state index is 11.9. The number of carbonyl (C=O) groups is 2. The Morgan fingerprint density at radius 3 is 2.72 bits per heavy atom. The van der Waals surface area contributed by atoms with E-state index in [-0.39, 0.29) is 18.5 Å². The summed E-state index contributed by atoms with van der Waals surface area (Å²) >= 11 is 1.56. The second-order valence-corrected chi connectivity index (χ2v) is 5.24. The van der Waals surface area contributed by atoms with Crippen LogP contribution in [0, 0.1) is 5.92 Å². The number of carbonyl (C=O) groups excluding carboxylic acids is 1.